The van der Waals surface area contributed by atoms with E-state index in [0.29, 0.717) is 0 Å². The number of nitrogens with one attached hydrogen (secondary N) is 1. The normalized spacial score (nSPS) is 12.9. The average Bonchev–Trinajstić information content (AvgIpc) is 2.39. The lowest BCUT2D eigenvalue weighted by Crippen LogP contribution is -2.23. The fourth-order valence-corrected chi connectivity index (χ4v) is 0.807. The van der Waals surface area contributed by atoms with Crippen molar-refractivity contribution in [3.63, 3.8) is 0 Å². The molecular formula is C8H13N3. The molecule has 0 spiro atoms. The molecule has 60 valence electrons. The topological polar surface area (TPSA) is 54.7 Å². The summed E-state index contributed by atoms with van der Waals surface area (Å²) in [5.74, 6) is 0. The molecule has 3 N–H and O–H groups in total. The van der Waals surface area contributed by atoms with Crippen LogP contribution in [0.25, 0.3) is 0 Å². The molecule has 0 fully saturated rings. The van der Waals surface area contributed by atoms with Gasteiger partial charge in [-0.25, -0.2) is 4.98 Å². The predicted octanol–water partition coefficient (Wildman–Crippen LogP) is 0.856. The Morgan fingerprint density at radius 2 is 2.64 bits per heavy atom. The fourth-order valence-electron chi connectivity index (χ4n) is 0.807. The van der Waals surface area contributed by atoms with Gasteiger partial charge in [0.15, 0.2) is 0 Å². The zero-order valence-electron chi connectivity index (χ0n) is 6.67. The van der Waals surface area contributed by atoms with Gasteiger partial charge in [0.2, 0.25) is 0 Å². The van der Waals surface area contributed by atoms with Gasteiger partial charge in [0, 0.05) is 24.4 Å². The number of nitrogens with zero attached hydrogens (tertiary/aromatic N) is 1. The van der Waals surface area contributed by atoms with Crippen LogP contribution in [0.15, 0.2) is 24.7 Å². The van der Waals surface area contributed by atoms with E-state index in [1.807, 2.05) is 6.92 Å². The summed E-state index contributed by atoms with van der Waals surface area (Å²) in [5.41, 5.74) is 7.82. The van der Waals surface area contributed by atoms with Crippen LogP contribution in [0.3, 0.4) is 0 Å². The molecule has 0 radical (unpaired) electrons. The lowest BCUT2D eigenvalue weighted by Gasteiger charge is -2.08. The van der Waals surface area contributed by atoms with Crippen molar-refractivity contribution in [3.8, 4) is 0 Å². The van der Waals surface area contributed by atoms with Gasteiger partial charge in [-0.2, -0.15) is 0 Å². The summed E-state index contributed by atoms with van der Waals surface area (Å²) in [6.07, 6.45) is 4.22. The van der Waals surface area contributed by atoms with Crippen LogP contribution in [0.2, 0.25) is 0 Å². The van der Waals surface area contributed by atoms with Crippen LogP contribution < -0.4 is 5.73 Å². The first-order valence-corrected chi connectivity index (χ1v) is 3.58. The number of hydrogen-bond acceptors (Lipinski definition) is 2. The molecule has 0 bridgehead atoms. The van der Waals surface area contributed by atoms with E-state index >= 15 is 0 Å². The number of aromatic amines is 1. The maximum absolute atomic E-state index is 5.76. The van der Waals surface area contributed by atoms with E-state index in [1.165, 1.54) is 0 Å². The SMILES string of the molecule is C=C(C)[C@@H](N)Cc1cnc[nH]1. The first-order valence-electron chi connectivity index (χ1n) is 3.58. The van der Waals surface area contributed by atoms with Crippen molar-refractivity contribution in [1.82, 2.24) is 9.97 Å². The number of H-pyrrole nitrogens is 1. The Bertz CT molecular complexity index is 225. The number of imidazole rings is 1. The highest BCUT2D eigenvalue weighted by Crippen LogP contribution is 2.02. The Balaban J connectivity index is 2.50. The highest BCUT2D eigenvalue weighted by atomic mass is 14.9. The highest BCUT2D eigenvalue weighted by molar-refractivity contribution is 5.07. The van der Waals surface area contributed by atoms with Gasteiger partial charge in [0.05, 0.1) is 6.33 Å². The molecule has 11 heavy (non-hydrogen) atoms. The van der Waals surface area contributed by atoms with E-state index in [1.54, 1.807) is 12.5 Å². The summed E-state index contributed by atoms with van der Waals surface area (Å²) in [5, 5.41) is 0. The number of nitrogens with two attached hydrogens (primary N) is 1. The summed E-state index contributed by atoms with van der Waals surface area (Å²) in [6.45, 7) is 5.71. The van der Waals surface area contributed by atoms with Crippen LogP contribution in [0.1, 0.15) is 12.6 Å². The van der Waals surface area contributed by atoms with Crippen molar-refractivity contribution in [2.45, 2.75) is 19.4 Å². The summed E-state index contributed by atoms with van der Waals surface area (Å²) in [6, 6.07) is 0.0375. The molecule has 0 aromatic carbocycles. The standard InChI is InChI=1S/C8H13N3/c1-6(2)8(9)3-7-4-10-5-11-7/h4-5,8H,1,3,9H2,2H3,(H,10,11)/t8-/m0/s1. The molecule has 1 aromatic rings. The van der Waals surface area contributed by atoms with Crippen LogP contribution in [0, 0.1) is 0 Å². The minimum Gasteiger partial charge on any atom is -0.348 e. The van der Waals surface area contributed by atoms with E-state index in [2.05, 4.69) is 16.5 Å². The maximum Gasteiger partial charge on any atom is 0.0921 e. The Labute approximate surface area is 66.3 Å². The quantitative estimate of drug-likeness (QED) is 0.629. The summed E-state index contributed by atoms with van der Waals surface area (Å²) >= 11 is 0. The van der Waals surface area contributed by atoms with Gasteiger partial charge in [-0.1, -0.05) is 12.2 Å². The third-order valence-electron chi connectivity index (χ3n) is 1.63. The minimum absolute atomic E-state index is 0.0375. The molecule has 1 atom stereocenters. The van der Waals surface area contributed by atoms with Gasteiger partial charge in [-0.15, -0.1) is 0 Å². The fraction of sp³-hybridized carbons (Fsp3) is 0.375. The molecule has 3 nitrogen and oxygen atoms in total. The summed E-state index contributed by atoms with van der Waals surface area (Å²) < 4.78 is 0. The van der Waals surface area contributed by atoms with Gasteiger partial charge in [-0.05, 0) is 6.92 Å². The smallest absolute Gasteiger partial charge is 0.0921 e. The van der Waals surface area contributed by atoms with Crippen molar-refractivity contribution < 1.29 is 0 Å². The Morgan fingerprint density at radius 1 is 1.91 bits per heavy atom. The third-order valence-corrected chi connectivity index (χ3v) is 1.63. The molecule has 0 saturated carbocycles. The summed E-state index contributed by atoms with van der Waals surface area (Å²) in [7, 11) is 0. The molecule has 0 amide bonds. The molecular weight excluding hydrogens is 138 g/mol. The lowest BCUT2D eigenvalue weighted by atomic mass is 10.1. The van der Waals surface area contributed by atoms with Crippen molar-refractivity contribution in [2.24, 2.45) is 5.73 Å². The second kappa shape index (κ2) is 3.34. The van der Waals surface area contributed by atoms with Gasteiger partial charge in [0.1, 0.15) is 0 Å². The maximum atomic E-state index is 5.76. The molecule has 0 aliphatic heterocycles. The van der Waals surface area contributed by atoms with Gasteiger partial charge in [-0.3, -0.25) is 0 Å². The molecule has 1 rings (SSSR count). The van der Waals surface area contributed by atoms with E-state index in [9.17, 15) is 0 Å². The number of aromatic nitrogens is 2. The van der Waals surface area contributed by atoms with Crippen LogP contribution in [0.4, 0.5) is 0 Å². The second-order valence-corrected chi connectivity index (χ2v) is 2.73. The largest absolute Gasteiger partial charge is 0.348 e. The van der Waals surface area contributed by atoms with Gasteiger partial charge >= 0.3 is 0 Å². The zero-order chi connectivity index (χ0) is 8.27. The molecule has 0 unspecified atom stereocenters. The molecule has 0 aliphatic rings. The van der Waals surface area contributed by atoms with E-state index in [-0.39, 0.29) is 6.04 Å². The highest BCUT2D eigenvalue weighted by Gasteiger charge is 2.04. The molecule has 1 aromatic heterocycles. The Kier molecular flexibility index (Phi) is 2.44. The Hall–Kier alpha value is -1.09. The minimum atomic E-state index is 0.0375. The third kappa shape index (κ3) is 2.20. The number of rotatable bonds is 3. The van der Waals surface area contributed by atoms with Gasteiger partial charge in [0.25, 0.3) is 0 Å². The summed E-state index contributed by atoms with van der Waals surface area (Å²) in [4.78, 5) is 6.88. The van der Waals surface area contributed by atoms with Crippen molar-refractivity contribution in [1.29, 1.82) is 0 Å². The first-order chi connectivity index (χ1) is 5.20. The van der Waals surface area contributed by atoms with Crippen molar-refractivity contribution >= 4 is 0 Å². The Morgan fingerprint density at radius 3 is 3.09 bits per heavy atom. The van der Waals surface area contributed by atoms with E-state index in [0.717, 1.165) is 17.7 Å². The second-order valence-electron chi connectivity index (χ2n) is 2.73. The van der Waals surface area contributed by atoms with Crippen LogP contribution in [-0.2, 0) is 6.42 Å². The van der Waals surface area contributed by atoms with E-state index in [4.69, 9.17) is 5.73 Å². The van der Waals surface area contributed by atoms with Crippen molar-refractivity contribution in [2.75, 3.05) is 0 Å². The predicted molar refractivity (Wildman–Crippen MR) is 45.1 cm³/mol. The zero-order valence-corrected chi connectivity index (χ0v) is 6.67. The van der Waals surface area contributed by atoms with E-state index < -0.39 is 0 Å². The monoisotopic (exact) mass is 151 g/mol. The number of hydrogen-bond donors (Lipinski definition) is 2. The van der Waals surface area contributed by atoms with Gasteiger partial charge < -0.3 is 10.7 Å². The molecule has 0 saturated heterocycles. The molecule has 1 heterocycles. The lowest BCUT2D eigenvalue weighted by molar-refractivity contribution is 0.753. The van der Waals surface area contributed by atoms with Crippen LogP contribution >= 0.6 is 0 Å². The average molecular weight is 151 g/mol. The molecule has 0 aliphatic carbocycles. The van der Waals surface area contributed by atoms with Crippen LogP contribution in [0.5, 0.6) is 0 Å². The molecule has 3 heteroatoms. The first kappa shape index (κ1) is 8.01. The van der Waals surface area contributed by atoms with Crippen molar-refractivity contribution in [3.05, 3.63) is 30.4 Å². The van der Waals surface area contributed by atoms with Crippen LogP contribution in [-0.4, -0.2) is 16.0 Å².